The van der Waals surface area contributed by atoms with Gasteiger partial charge in [-0.15, -0.1) is 0 Å². The summed E-state index contributed by atoms with van der Waals surface area (Å²) in [5.74, 6) is -1.50. The lowest BCUT2D eigenvalue weighted by Crippen LogP contribution is -2.39. The number of hydrogen-bond acceptors (Lipinski definition) is 3. The number of aliphatic hydroxyl groups is 1. The minimum atomic E-state index is -1.09. The van der Waals surface area contributed by atoms with Crippen molar-refractivity contribution in [2.45, 2.75) is 18.6 Å². The van der Waals surface area contributed by atoms with Gasteiger partial charge in [0.15, 0.2) is 0 Å². The van der Waals surface area contributed by atoms with Crippen molar-refractivity contribution in [2.75, 3.05) is 6.54 Å². The number of aliphatic carboxylic acids is 1. The third-order valence-electron chi connectivity index (χ3n) is 3.11. The fraction of sp³-hybridized carbons (Fsp3) is 0.286. The first-order valence-corrected chi connectivity index (χ1v) is 6.92. The van der Waals surface area contributed by atoms with E-state index < -0.39 is 24.0 Å². The Morgan fingerprint density at radius 2 is 2.15 bits per heavy atom. The topological polar surface area (TPSA) is 77.8 Å². The normalized spacial score (nSPS) is 22.4. The number of aliphatic hydroxyl groups excluding tert-OH is 1. The van der Waals surface area contributed by atoms with Crippen LogP contribution in [0, 0.1) is 0 Å². The van der Waals surface area contributed by atoms with E-state index in [9.17, 15) is 14.7 Å². The Morgan fingerprint density at radius 1 is 1.40 bits per heavy atom. The molecule has 1 aliphatic heterocycles. The third-order valence-corrected chi connectivity index (χ3v) is 3.61. The van der Waals surface area contributed by atoms with Crippen LogP contribution in [0.1, 0.15) is 12.0 Å². The van der Waals surface area contributed by atoms with Crippen molar-refractivity contribution < 1.29 is 19.8 Å². The van der Waals surface area contributed by atoms with E-state index in [4.69, 9.17) is 5.11 Å². The van der Waals surface area contributed by atoms with E-state index in [0.717, 1.165) is 10.0 Å². The number of halogens is 1. The molecule has 2 N–H and O–H groups in total. The highest BCUT2D eigenvalue weighted by Crippen LogP contribution is 2.19. The molecule has 1 saturated heterocycles. The van der Waals surface area contributed by atoms with Gasteiger partial charge in [-0.05, 0) is 23.8 Å². The summed E-state index contributed by atoms with van der Waals surface area (Å²) in [4.78, 5) is 24.2. The largest absolute Gasteiger partial charge is 0.480 e. The maximum Gasteiger partial charge on any atom is 0.326 e. The number of rotatable bonds is 3. The predicted octanol–water partition coefficient (Wildman–Crippen LogP) is 1.51. The van der Waals surface area contributed by atoms with Crippen molar-refractivity contribution in [3.63, 3.8) is 0 Å². The van der Waals surface area contributed by atoms with Gasteiger partial charge in [-0.2, -0.15) is 0 Å². The molecule has 0 saturated carbocycles. The number of β-amino-alcohol motifs (C(OH)–C–C–N with tert-alkyl or cyclic N) is 1. The van der Waals surface area contributed by atoms with Gasteiger partial charge < -0.3 is 15.1 Å². The van der Waals surface area contributed by atoms with Gasteiger partial charge in [0.1, 0.15) is 6.04 Å². The number of hydrogen-bond donors (Lipinski definition) is 2. The van der Waals surface area contributed by atoms with Crippen molar-refractivity contribution in [1.82, 2.24) is 4.90 Å². The molecule has 2 rings (SSSR count). The Balaban J connectivity index is 2.09. The second-order valence-electron chi connectivity index (χ2n) is 4.62. The molecule has 1 amide bonds. The molecular formula is C14H14BrNO4. The molecule has 0 aliphatic carbocycles. The van der Waals surface area contributed by atoms with Crippen LogP contribution < -0.4 is 0 Å². The number of likely N-dealkylation sites (tertiary alicyclic amines) is 1. The van der Waals surface area contributed by atoms with Crippen LogP contribution in [-0.4, -0.2) is 45.7 Å². The van der Waals surface area contributed by atoms with Crippen LogP contribution in [-0.2, 0) is 9.59 Å². The number of carboxylic acids is 1. The minimum Gasteiger partial charge on any atom is -0.480 e. The lowest BCUT2D eigenvalue weighted by Gasteiger charge is -2.19. The highest BCUT2D eigenvalue weighted by Gasteiger charge is 2.37. The first-order chi connectivity index (χ1) is 9.47. The highest BCUT2D eigenvalue weighted by atomic mass is 79.9. The fourth-order valence-electron chi connectivity index (χ4n) is 2.16. The molecule has 1 heterocycles. The van der Waals surface area contributed by atoms with E-state index in [2.05, 4.69) is 15.9 Å². The first-order valence-electron chi connectivity index (χ1n) is 6.12. The summed E-state index contributed by atoms with van der Waals surface area (Å²) in [7, 11) is 0. The second kappa shape index (κ2) is 6.19. The summed E-state index contributed by atoms with van der Waals surface area (Å²) in [5.41, 5.74) is 0.833. The molecular weight excluding hydrogens is 326 g/mol. The van der Waals surface area contributed by atoms with E-state index in [1.165, 1.54) is 11.0 Å². The average Bonchev–Trinajstić information content (AvgIpc) is 2.78. The highest BCUT2D eigenvalue weighted by molar-refractivity contribution is 9.10. The quantitative estimate of drug-likeness (QED) is 0.818. The Bertz CT molecular complexity index is 558. The molecule has 1 aromatic rings. The van der Waals surface area contributed by atoms with Gasteiger partial charge in [-0.1, -0.05) is 28.1 Å². The minimum absolute atomic E-state index is 0.0542. The van der Waals surface area contributed by atoms with Crippen LogP contribution in [0.2, 0.25) is 0 Å². The summed E-state index contributed by atoms with van der Waals surface area (Å²) in [6.45, 7) is 0.0542. The van der Waals surface area contributed by atoms with E-state index in [1.54, 1.807) is 6.08 Å². The summed E-state index contributed by atoms with van der Waals surface area (Å²) in [6.07, 6.45) is 2.25. The second-order valence-corrected chi connectivity index (χ2v) is 5.54. The van der Waals surface area contributed by atoms with E-state index >= 15 is 0 Å². The van der Waals surface area contributed by atoms with Crippen LogP contribution >= 0.6 is 15.9 Å². The molecule has 0 aromatic heterocycles. The van der Waals surface area contributed by atoms with Crippen molar-refractivity contribution in [3.05, 3.63) is 40.4 Å². The van der Waals surface area contributed by atoms with Crippen molar-refractivity contribution in [2.24, 2.45) is 0 Å². The number of nitrogens with zero attached hydrogens (tertiary/aromatic N) is 1. The van der Waals surface area contributed by atoms with Gasteiger partial charge in [0.05, 0.1) is 6.10 Å². The Labute approximate surface area is 124 Å². The number of carbonyl (C=O) groups is 2. The van der Waals surface area contributed by atoms with Crippen LogP contribution in [0.25, 0.3) is 6.08 Å². The molecule has 0 spiro atoms. The van der Waals surface area contributed by atoms with Gasteiger partial charge in [-0.25, -0.2) is 4.79 Å². The van der Waals surface area contributed by atoms with Crippen molar-refractivity contribution in [3.8, 4) is 0 Å². The summed E-state index contributed by atoms with van der Waals surface area (Å²) < 4.78 is 0.895. The summed E-state index contributed by atoms with van der Waals surface area (Å²) in [5, 5.41) is 18.5. The van der Waals surface area contributed by atoms with E-state index in [-0.39, 0.29) is 13.0 Å². The molecule has 0 radical (unpaired) electrons. The van der Waals surface area contributed by atoms with Crippen LogP contribution in [0.15, 0.2) is 34.8 Å². The van der Waals surface area contributed by atoms with E-state index in [1.807, 2.05) is 24.3 Å². The summed E-state index contributed by atoms with van der Waals surface area (Å²) in [6, 6.07) is 6.44. The summed E-state index contributed by atoms with van der Waals surface area (Å²) >= 11 is 3.33. The Morgan fingerprint density at radius 3 is 2.80 bits per heavy atom. The lowest BCUT2D eigenvalue weighted by molar-refractivity contribution is -0.146. The van der Waals surface area contributed by atoms with Crippen molar-refractivity contribution in [1.29, 1.82) is 0 Å². The molecule has 6 heteroatoms. The number of benzene rings is 1. The smallest absolute Gasteiger partial charge is 0.326 e. The maximum atomic E-state index is 12.0. The van der Waals surface area contributed by atoms with Crippen LogP contribution in [0.5, 0.6) is 0 Å². The van der Waals surface area contributed by atoms with Crippen LogP contribution in [0.3, 0.4) is 0 Å². The van der Waals surface area contributed by atoms with E-state index in [0.29, 0.717) is 0 Å². The Kier molecular flexibility index (Phi) is 4.57. The first kappa shape index (κ1) is 14.7. The lowest BCUT2D eigenvalue weighted by atomic mass is 10.2. The molecule has 5 nitrogen and oxygen atoms in total. The van der Waals surface area contributed by atoms with Gasteiger partial charge in [0.25, 0.3) is 0 Å². The predicted molar refractivity (Wildman–Crippen MR) is 76.9 cm³/mol. The van der Waals surface area contributed by atoms with Gasteiger partial charge in [0, 0.05) is 23.5 Å². The zero-order chi connectivity index (χ0) is 14.7. The van der Waals surface area contributed by atoms with Gasteiger partial charge in [0.2, 0.25) is 5.91 Å². The number of carboxylic acid groups (broad SMARTS) is 1. The maximum absolute atomic E-state index is 12.0. The van der Waals surface area contributed by atoms with Gasteiger partial charge in [-0.3, -0.25) is 4.79 Å². The van der Waals surface area contributed by atoms with Crippen molar-refractivity contribution >= 4 is 33.9 Å². The molecule has 1 aliphatic rings. The monoisotopic (exact) mass is 339 g/mol. The SMILES string of the molecule is O=C(O)[C@@H]1C[C@H](O)CN1C(=O)C=Cc1cccc(Br)c1. The Hall–Kier alpha value is -1.66. The fourth-order valence-corrected chi connectivity index (χ4v) is 2.58. The third kappa shape index (κ3) is 3.46. The number of amides is 1. The molecule has 106 valence electrons. The average molecular weight is 340 g/mol. The molecule has 0 bridgehead atoms. The molecule has 1 aromatic carbocycles. The van der Waals surface area contributed by atoms with Crippen LogP contribution in [0.4, 0.5) is 0 Å². The molecule has 2 atom stereocenters. The zero-order valence-electron chi connectivity index (χ0n) is 10.6. The standard InChI is InChI=1S/C14H14BrNO4/c15-10-3-1-2-9(6-10)4-5-13(18)16-8-11(17)7-12(16)14(19)20/h1-6,11-12,17H,7-8H2,(H,19,20)/t11-,12-/m0/s1. The molecule has 0 unspecified atom stereocenters. The molecule has 1 fully saturated rings. The number of carbonyl (C=O) groups excluding carboxylic acids is 1. The van der Waals surface area contributed by atoms with Gasteiger partial charge >= 0.3 is 5.97 Å². The molecule has 20 heavy (non-hydrogen) atoms. The zero-order valence-corrected chi connectivity index (χ0v) is 12.2.